The van der Waals surface area contributed by atoms with E-state index in [1.54, 1.807) is 12.1 Å². The Morgan fingerprint density at radius 3 is 2.68 bits per heavy atom. The van der Waals surface area contributed by atoms with Crippen molar-refractivity contribution in [1.29, 1.82) is 0 Å². The molecule has 9 heteroatoms. The second-order valence-corrected chi connectivity index (χ2v) is 5.09. The lowest BCUT2D eigenvalue weighted by molar-refractivity contribution is -0.154. The van der Waals surface area contributed by atoms with Crippen LogP contribution in [0.25, 0.3) is 0 Å². The molecule has 0 N–H and O–H groups in total. The van der Waals surface area contributed by atoms with Crippen molar-refractivity contribution in [2.45, 2.75) is 12.7 Å². The summed E-state index contributed by atoms with van der Waals surface area (Å²) in [6, 6.07) is 6.03. The first-order valence-corrected chi connectivity index (χ1v) is 7.35. The summed E-state index contributed by atoms with van der Waals surface area (Å²) in [5.74, 6) is 0.0502. The Morgan fingerprint density at radius 2 is 2.12 bits per heavy atom. The van der Waals surface area contributed by atoms with Crippen molar-refractivity contribution in [1.82, 2.24) is 9.88 Å². The minimum absolute atomic E-state index is 0.205. The number of alkyl halides is 3. The van der Waals surface area contributed by atoms with E-state index >= 15 is 0 Å². The van der Waals surface area contributed by atoms with E-state index < -0.39 is 12.8 Å². The number of methoxy groups -OCH3 is 1. The van der Waals surface area contributed by atoms with Gasteiger partial charge in [-0.2, -0.15) is 13.2 Å². The van der Waals surface area contributed by atoms with Crippen LogP contribution in [0.5, 0.6) is 5.88 Å². The van der Waals surface area contributed by atoms with Crippen LogP contribution in [0, 0.1) is 0 Å². The maximum atomic E-state index is 12.6. The van der Waals surface area contributed by atoms with Gasteiger partial charge in [-0.05, 0) is 18.2 Å². The van der Waals surface area contributed by atoms with E-state index in [0.29, 0.717) is 18.9 Å². The first kappa shape index (κ1) is 18.8. The van der Waals surface area contributed by atoms with Gasteiger partial charge in [0.25, 0.3) is 5.91 Å². The Kier molecular flexibility index (Phi) is 6.40. The predicted molar refractivity (Wildman–Crippen MR) is 81.1 cm³/mol. The van der Waals surface area contributed by atoms with E-state index in [-0.39, 0.29) is 23.9 Å². The van der Waals surface area contributed by atoms with Gasteiger partial charge in [0.05, 0.1) is 25.0 Å². The third-order valence-corrected chi connectivity index (χ3v) is 3.15. The lowest BCUT2D eigenvalue weighted by atomic mass is 10.2. The number of nitrogens with zero attached hydrogens (tertiary/aromatic N) is 2. The number of amides is 1. The molecule has 2 heterocycles. The molecule has 2 aromatic rings. The summed E-state index contributed by atoms with van der Waals surface area (Å²) in [6.07, 6.45) is -1.77. The van der Waals surface area contributed by atoms with Gasteiger partial charge in [0.2, 0.25) is 5.88 Å². The normalized spacial score (nSPS) is 11.4. The fraction of sp³-hybridized carbons (Fsp3) is 0.375. The molecule has 0 aromatic carbocycles. The third-order valence-electron chi connectivity index (χ3n) is 3.15. The summed E-state index contributed by atoms with van der Waals surface area (Å²) < 4.78 is 51.1. The number of carbonyl (C=O) groups is 1. The van der Waals surface area contributed by atoms with E-state index in [4.69, 9.17) is 9.15 Å². The minimum atomic E-state index is -4.45. The van der Waals surface area contributed by atoms with Crippen LogP contribution in [0.2, 0.25) is 0 Å². The lowest BCUT2D eigenvalue weighted by Crippen LogP contribution is -2.33. The standard InChI is InChI=1S/C16H17F3N2O4/c1-23-8-6-21(10-13-3-2-7-24-13)15(22)12-4-5-14(20-9-12)25-11-16(17,18)19/h2-5,7,9H,6,8,10-11H2,1H3. The molecule has 0 aliphatic carbocycles. The highest BCUT2D eigenvalue weighted by Crippen LogP contribution is 2.18. The molecule has 0 aliphatic rings. The van der Waals surface area contributed by atoms with Crippen molar-refractivity contribution in [2.24, 2.45) is 0 Å². The topological polar surface area (TPSA) is 64.8 Å². The number of pyridine rings is 1. The first-order valence-electron chi connectivity index (χ1n) is 7.35. The number of ether oxygens (including phenoxy) is 2. The van der Waals surface area contributed by atoms with Crippen LogP contribution in [0.4, 0.5) is 13.2 Å². The molecule has 2 aromatic heterocycles. The number of furan rings is 1. The van der Waals surface area contributed by atoms with E-state index in [1.165, 1.54) is 36.6 Å². The highest BCUT2D eigenvalue weighted by atomic mass is 19.4. The predicted octanol–water partition coefficient (Wildman–Crippen LogP) is 2.90. The second-order valence-electron chi connectivity index (χ2n) is 5.09. The smallest absolute Gasteiger partial charge is 0.422 e. The van der Waals surface area contributed by atoms with Crippen LogP contribution in [-0.2, 0) is 11.3 Å². The average molecular weight is 358 g/mol. The third kappa shape index (κ3) is 6.11. The molecule has 6 nitrogen and oxygen atoms in total. The van der Waals surface area contributed by atoms with Crippen LogP contribution >= 0.6 is 0 Å². The summed E-state index contributed by atoms with van der Waals surface area (Å²) in [6.45, 7) is -0.553. The molecule has 0 radical (unpaired) electrons. The molecule has 0 unspecified atom stereocenters. The molecular formula is C16H17F3N2O4. The molecule has 0 aliphatic heterocycles. The Bertz CT molecular complexity index is 657. The molecule has 0 saturated heterocycles. The molecule has 0 spiro atoms. The van der Waals surface area contributed by atoms with Gasteiger partial charge in [-0.3, -0.25) is 4.79 Å². The molecule has 136 valence electrons. The van der Waals surface area contributed by atoms with Gasteiger partial charge in [0, 0.05) is 25.9 Å². The summed E-state index contributed by atoms with van der Waals surface area (Å²) in [7, 11) is 1.52. The van der Waals surface area contributed by atoms with Crippen molar-refractivity contribution in [3.05, 3.63) is 48.0 Å². The van der Waals surface area contributed by atoms with Crippen molar-refractivity contribution < 1.29 is 31.9 Å². The minimum Gasteiger partial charge on any atom is -0.468 e. The fourth-order valence-corrected chi connectivity index (χ4v) is 1.98. The maximum Gasteiger partial charge on any atom is 0.422 e. The molecule has 0 atom stereocenters. The average Bonchev–Trinajstić information content (AvgIpc) is 3.09. The van der Waals surface area contributed by atoms with E-state index in [2.05, 4.69) is 9.72 Å². The van der Waals surface area contributed by atoms with Crippen LogP contribution in [0.1, 0.15) is 16.1 Å². The maximum absolute atomic E-state index is 12.6. The van der Waals surface area contributed by atoms with E-state index in [9.17, 15) is 18.0 Å². The summed E-state index contributed by atoms with van der Waals surface area (Å²) in [4.78, 5) is 17.8. The van der Waals surface area contributed by atoms with Crippen molar-refractivity contribution >= 4 is 5.91 Å². The Labute approximate surface area is 142 Å². The Hall–Kier alpha value is -2.55. The summed E-state index contributed by atoms with van der Waals surface area (Å²) >= 11 is 0. The van der Waals surface area contributed by atoms with Crippen molar-refractivity contribution in [3.63, 3.8) is 0 Å². The zero-order valence-electron chi connectivity index (χ0n) is 13.5. The van der Waals surface area contributed by atoms with Gasteiger partial charge in [-0.1, -0.05) is 0 Å². The van der Waals surface area contributed by atoms with Gasteiger partial charge in [-0.25, -0.2) is 4.98 Å². The first-order chi connectivity index (χ1) is 11.9. The highest BCUT2D eigenvalue weighted by molar-refractivity contribution is 5.93. The molecule has 0 fully saturated rings. The quantitative estimate of drug-likeness (QED) is 0.726. The zero-order chi connectivity index (χ0) is 18.3. The Morgan fingerprint density at radius 1 is 1.32 bits per heavy atom. The molecule has 2 rings (SSSR count). The van der Waals surface area contributed by atoms with Crippen LogP contribution in [-0.4, -0.2) is 48.8 Å². The number of hydrogen-bond donors (Lipinski definition) is 0. The number of carbonyl (C=O) groups excluding carboxylic acids is 1. The lowest BCUT2D eigenvalue weighted by Gasteiger charge is -2.21. The highest BCUT2D eigenvalue weighted by Gasteiger charge is 2.28. The van der Waals surface area contributed by atoms with Gasteiger partial charge in [0.15, 0.2) is 6.61 Å². The van der Waals surface area contributed by atoms with Gasteiger partial charge in [0.1, 0.15) is 5.76 Å². The monoisotopic (exact) mass is 358 g/mol. The van der Waals surface area contributed by atoms with Crippen LogP contribution in [0.3, 0.4) is 0 Å². The second kappa shape index (κ2) is 8.52. The van der Waals surface area contributed by atoms with Crippen molar-refractivity contribution in [3.8, 4) is 5.88 Å². The molecule has 0 bridgehead atoms. The number of halogens is 3. The van der Waals surface area contributed by atoms with Crippen molar-refractivity contribution in [2.75, 3.05) is 26.9 Å². The van der Waals surface area contributed by atoms with Gasteiger partial charge in [-0.15, -0.1) is 0 Å². The van der Waals surface area contributed by atoms with E-state index in [0.717, 1.165) is 0 Å². The molecule has 1 amide bonds. The van der Waals surface area contributed by atoms with Crippen LogP contribution < -0.4 is 4.74 Å². The fourth-order valence-electron chi connectivity index (χ4n) is 1.98. The summed E-state index contributed by atoms with van der Waals surface area (Å²) in [5.41, 5.74) is 0.224. The number of rotatable bonds is 8. The zero-order valence-corrected chi connectivity index (χ0v) is 13.5. The molecular weight excluding hydrogens is 341 g/mol. The Balaban J connectivity index is 2.04. The van der Waals surface area contributed by atoms with E-state index in [1.807, 2.05) is 0 Å². The number of aromatic nitrogens is 1. The molecule has 0 saturated carbocycles. The van der Waals surface area contributed by atoms with Gasteiger partial charge < -0.3 is 18.8 Å². The summed E-state index contributed by atoms with van der Waals surface area (Å²) in [5, 5.41) is 0. The van der Waals surface area contributed by atoms with Gasteiger partial charge >= 0.3 is 6.18 Å². The number of hydrogen-bond acceptors (Lipinski definition) is 5. The SMILES string of the molecule is COCCN(Cc1ccco1)C(=O)c1ccc(OCC(F)(F)F)nc1. The van der Waals surface area contributed by atoms with Crippen LogP contribution in [0.15, 0.2) is 41.1 Å². The largest absolute Gasteiger partial charge is 0.468 e. The molecule has 25 heavy (non-hydrogen) atoms.